The third-order valence-corrected chi connectivity index (χ3v) is 4.24. The standard InChI is InChI=1S/C17H28N2/c1-4-16(14(2)3)18-13-15-9-5-6-10-17(15)19-11-7-8-12-19/h5-6,9-10,14,16,18H,4,7-8,11-13H2,1-3H3. The maximum atomic E-state index is 3.72. The smallest absolute Gasteiger partial charge is 0.0411 e. The molecule has 2 heteroatoms. The van der Waals surface area contributed by atoms with Crippen molar-refractivity contribution in [3.8, 4) is 0 Å². The number of rotatable bonds is 6. The zero-order valence-corrected chi connectivity index (χ0v) is 12.7. The van der Waals surface area contributed by atoms with Crippen LogP contribution in [0.1, 0.15) is 45.6 Å². The summed E-state index contributed by atoms with van der Waals surface area (Å²) in [6.07, 6.45) is 3.88. The van der Waals surface area contributed by atoms with E-state index in [-0.39, 0.29) is 0 Å². The van der Waals surface area contributed by atoms with Crippen molar-refractivity contribution in [1.82, 2.24) is 5.32 Å². The summed E-state index contributed by atoms with van der Waals surface area (Å²) in [5.74, 6) is 0.698. The Bertz CT molecular complexity index is 381. The van der Waals surface area contributed by atoms with E-state index in [1.807, 2.05) is 0 Å². The number of nitrogens with zero attached hydrogens (tertiary/aromatic N) is 1. The van der Waals surface area contributed by atoms with Crippen LogP contribution in [0, 0.1) is 5.92 Å². The van der Waals surface area contributed by atoms with Crippen molar-refractivity contribution in [1.29, 1.82) is 0 Å². The maximum Gasteiger partial charge on any atom is 0.0411 e. The van der Waals surface area contributed by atoms with Gasteiger partial charge in [0.2, 0.25) is 0 Å². The first-order valence-corrected chi connectivity index (χ1v) is 7.78. The molecule has 0 aliphatic carbocycles. The first kappa shape index (κ1) is 14.4. The third kappa shape index (κ3) is 3.73. The highest BCUT2D eigenvalue weighted by Crippen LogP contribution is 2.24. The predicted molar refractivity (Wildman–Crippen MR) is 83.6 cm³/mol. The Balaban J connectivity index is 2.03. The minimum Gasteiger partial charge on any atom is -0.371 e. The molecule has 1 atom stereocenters. The highest BCUT2D eigenvalue weighted by atomic mass is 15.1. The topological polar surface area (TPSA) is 15.3 Å². The molecule has 1 saturated heterocycles. The number of hydrogen-bond acceptors (Lipinski definition) is 2. The van der Waals surface area contributed by atoms with Gasteiger partial charge in [0.15, 0.2) is 0 Å². The molecule has 0 aromatic heterocycles. The van der Waals surface area contributed by atoms with Gasteiger partial charge in [0.25, 0.3) is 0 Å². The van der Waals surface area contributed by atoms with Gasteiger partial charge in [0.05, 0.1) is 0 Å². The van der Waals surface area contributed by atoms with Gasteiger partial charge in [-0.2, -0.15) is 0 Å². The van der Waals surface area contributed by atoms with Gasteiger partial charge in [0, 0.05) is 31.4 Å². The molecule has 1 aliphatic heterocycles. The zero-order valence-electron chi connectivity index (χ0n) is 12.7. The fourth-order valence-electron chi connectivity index (χ4n) is 3.02. The lowest BCUT2D eigenvalue weighted by atomic mass is 10.0. The molecule has 1 aromatic rings. The maximum absolute atomic E-state index is 3.72. The molecule has 0 saturated carbocycles. The van der Waals surface area contributed by atoms with Crippen LogP contribution < -0.4 is 10.2 Å². The van der Waals surface area contributed by atoms with Gasteiger partial charge < -0.3 is 10.2 Å². The number of anilines is 1. The van der Waals surface area contributed by atoms with Crippen LogP contribution in [0.3, 0.4) is 0 Å². The molecule has 19 heavy (non-hydrogen) atoms. The Labute approximate surface area is 118 Å². The van der Waals surface area contributed by atoms with Crippen LogP contribution in [0.15, 0.2) is 24.3 Å². The fraction of sp³-hybridized carbons (Fsp3) is 0.647. The van der Waals surface area contributed by atoms with Crippen molar-refractivity contribution in [2.45, 2.75) is 52.6 Å². The average molecular weight is 260 g/mol. The lowest BCUT2D eigenvalue weighted by Gasteiger charge is -2.25. The lowest BCUT2D eigenvalue weighted by Crippen LogP contribution is -2.33. The van der Waals surface area contributed by atoms with Crippen LogP contribution in [0.2, 0.25) is 0 Å². The van der Waals surface area contributed by atoms with Gasteiger partial charge in [-0.3, -0.25) is 0 Å². The first-order valence-electron chi connectivity index (χ1n) is 7.78. The van der Waals surface area contributed by atoms with Gasteiger partial charge in [-0.15, -0.1) is 0 Å². The molecule has 1 aromatic carbocycles. The van der Waals surface area contributed by atoms with Gasteiger partial charge in [0.1, 0.15) is 0 Å². The molecule has 2 nitrogen and oxygen atoms in total. The monoisotopic (exact) mass is 260 g/mol. The van der Waals surface area contributed by atoms with Crippen LogP contribution in [0.25, 0.3) is 0 Å². The van der Waals surface area contributed by atoms with Crippen molar-refractivity contribution in [2.24, 2.45) is 5.92 Å². The molecule has 1 aliphatic rings. The number of hydrogen-bond donors (Lipinski definition) is 1. The quantitative estimate of drug-likeness (QED) is 0.836. The molecule has 1 N–H and O–H groups in total. The summed E-state index contributed by atoms with van der Waals surface area (Å²) in [6.45, 7) is 10.3. The summed E-state index contributed by atoms with van der Waals surface area (Å²) >= 11 is 0. The van der Waals surface area contributed by atoms with E-state index in [4.69, 9.17) is 0 Å². The molecule has 106 valence electrons. The Kier molecular flexibility index (Phi) is 5.26. The van der Waals surface area contributed by atoms with Crippen molar-refractivity contribution in [3.05, 3.63) is 29.8 Å². The second-order valence-electron chi connectivity index (χ2n) is 5.96. The number of nitrogens with one attached hydrogen (secondary N) is 1. The molecule has 1 heterocycles. The van der Waals surface area contributed by atoms with E-state index in [0.29, 0.717) is 12.0 Å². The third-order valence-electron chi connectivity index (χ3n) is 4.24. The Morgan fingerprint density at radius 3 is 2.47 bits per heavy atom. The Morgan fingerprint density at radius 1 is 1.16 bits per heavy atom. The minimum atomic E-state index is 0.617. The second kappa shape index (κ2) is 6.95. The number of benzene rings is 1. The molecule has 0 bridgehead atoms. The van der Waals surface area contributed by atoms with Crippen molar-refractivity contribution in [2.75, 3.05) is 18.0 Å². The molecular weight excluding hydrogens is 232 g/mol. The van der Waals surface area contributed by atoms with Crippen molar-refractivity contribution < 1.29 is 0 Å². The highest BCUT2D eigenvalue weighted by molar-refractivity contribution is 5.54. The average Bonchev–Trinajstić information content (AvgIpc) is 2.93. The van der Waals surface area contributed by atoms with Crippen LogP contribution >= 0.6 is 0 Å². The first-order chi connectivity index (χ1) is 9.22. The fourth-order valence-corrected chi connectivity index (χ4v) is 3.02. The van der Waals surface area contributed by atoms with Crippen LogP contribution in [0.5, 0.6) is 0 Å². The molecule has 0 spiro atoms. The van der Waals surface area contributed by atoms with E-state index in [1.165, 1.54) is 43.6 Å². The Hall–Kier alpha value is -1.02. The van der Waals surface area contributed by atoms with E-state index in [0.717, 1.165) is 6.54 Å². The SMILES string of the molecule is CCC(NCc1ccccc1N1CCCC1)C(C)C. The molecule has 2 rings (SSSR count). The van der Waals surface area contributed by atoms with Crippen molar-refractivity contribution >= 4 is 5.69 Å². The van der Waals surface area contributed by atoms with Gasteiger partial charge in [-0.1, -0.05) is 39.0 Å². The highest BCUT2D eigenvalue weighted by Gasteiger charge is 2.16. The molecule has 0 amide bonds. The zero-order chi connectivity index (χ0) is 13.7. The van der Waals surface area contributed by atoms with E-state index < -0.39 is 0 Å². The van der Waals surface area contributed by atoms with Gasteiger partial charge >= 0.3 is 0 Å². The molecule has 1 unspecified atom stereocenters. The summed E-state index contributed by atoms with van der Waals surface area (Å²) in [5.41, 5.74) is 2.88. The van der Waals surface area contributed by atoms with Crippen LogP contribution in [-0.2, 0) is 6.54 Å². The van der Waals surface area contributed by atoms with Crippen LogP contribution in [0.4, 0.5) is 5.69 Å². The summed E-state index contributed by atoms with van der Waals surface area (Å²) in [5, 5.41) is 3.72. The summed E-state index contributed by atoms with van der Waals surface area (Å²) in [7, 11) is 0. The summed E-state index contributed by atoms with van der Waals surface area (Å²) in [4.78, 5) is 2.54. The summed E-state index contributed by atoms with van der Waals surface area (Å²) < 4.78 is 0. The minimum absolute atomic E-state index is 0.617. The largest absolute Gasteiger partial charge is 0.371 e. The van der Waals surface area contributed by atoms with E-state index in [9.17, 15) is 0 Å². The predicted octanol–water partition coefficient (Wildman–Crippen LogP) is 3.81. The molecule has 1 fully saturated rings. The second-order valence-corrected chi connectivity index (χ2v) is 5.96. The molecular formula is C17H28N2. The van der Waals surface area contributed by atoms with E-state index in [1.54, 1.807) is 0 Å². The van der Waals surface area contributed by atoms with E-state index in [2.05, 4.69) is 55.3 Å². The lowest BCUT2D eigenvalue weighted by molar-refractivity contribution is 0.387. The Morgan fingerprint density at radius 2 is 1.84 bits per heavy atom. The summed E-state index contributed by atoms with van der Waals surface area (Å²) in [6, 6.07) is 9.49. The van der Waals surface area contributed by atoms with Gasteiger partial charge in [-0.05, 0) is 36.8 Å². The number of para-hydroxylation sites is 1. The normalized spacial score (nSPS) is 17.2. The van der Waals surface area contributed by atoms with Gasteiger partial charge in [-0.25, -0.2) is 0 Å². The molecule has 0 radical (unpaired) electrons. The van der Waals surface area contributed by atoms with E-state index >= 15 is 0 Å². The van der Waals surface area contributed by atoms with Crippen LogP contribution in [-0.4, -0.2) is 19.1 Å². The van der Waals surface area contributed by atoms with Crippen molar-refractivity contribution in [3.63, 3.8) is 0 Å².